The van der Waals surface area contributed by atoms with Gasteiger partial charge in [-0.05, 0) is 75.1 Å². The number of anilines is 3. The van der Waals surface area contributed by atoms with E-state index in [1.165, 1.54) is 12.0 Å². The van der Waals surface area contributed by atoms with E-state index >= 15 is 0 Å². The Morgan fingerprint density at radius 2 is 2.03 bits per heavy atom. The molecule has 1 aliphatic heterocycles. The van der Waals surface area contributed by atoms with Crippen molar-refractivity contribution in [3.8, 4) is 5.75 Å². The Morgan fingerprint density at radius 1 is 1.20 bits per heavy atom. The standard InChI is InChI=1S/C23H28N6O/c1-13(2)30-16-6-4-15(5-7-16)26-22-20-17-12-23(17)11-14(24)3-8-18(23)27-21(20)28-19-9-10-25-29(19)22/h4-7,9-10,13-14,17-18,26H,3,8,11-12,24H2,1-2H3,(H,27,28)/t14-,17?,18-,23?/m1/s1. The van der Waals surface area contributed by atoms with Gasteiger partial charge in [-0.2, -0.15) is 9.61 Å². The summed E-state index contributed by atoms with van der Waals surface area (Å²) in [5.74, 6) is 3.36. The smallest absolute Gasteiger partial charge is 0.159 e. The molecule has 7 heteroatoms. The molecule has 2 saturated carbocycles. The first-order chi connectivity index (χ1) is 14.5. The number of nitrogens with zero attached hydrogens (tertiary/aromatic N) is 3. The first-order valence-corrected chi connectivity index (χ1v) is 11.0. The average molecular weight is 405 g/mol. The highest BCUT2D eigenvalue weighted by molar-refractivity contribution is 5.74. The molecule has 3 aromatic rings. The Kier molecular flexibility index (Phi) is 3.81. The minimum absolute atomic E-state index is 0.159. The first kappa shape index (κ1) is 18.0. The van der Waals surface area contributed by atoms with Gasteiger partial charge in [0.2, 0.25) is 0 Å². The van der Waals surface area contributed by atoms with Gasteiger partial charge in [-0.15, -0.1) is 0 Å². The minimum atomic E-state index is 0.159. The van der Waals surface area contributed by atoms with E-state index in [0.29, 0.717) is 18.0 Å². The molecular formula is C23H28N6O. The van der Waals surface area contributed by atoms with Gasteiger partial charge in [0.15, 0.2) is 5.65 Å². The second-order valence-electron chi connectivity index (χ2n) is 9.37. The molecule has 2 aromatic heterocycles. The molecule has 2 unspecified atom stereocenters. The fourth-order valence-electron chi connectivity index (χ4n) is 5.64. The maximum atomic E-state index is 6.37. The van der Waals surface area contributed by atoms with E-state index < -0.39 is 0 Å². The highest BCUT2D eigenvalue weighted by Crippen LogP contribution is 2.70. The largest absolute Gasteiger partial charge is 0.491 e. The van der Waals surface area contributed by atoms with Crippen LogP contribution in [0.25, 0.3) is 5.65 Å². The summed E-state index contributed by atoms with van der Waals surface area (Å²) in [6.07, 6.45) is 6.45. The number of nitrogens with two attached hydrogens (primary N) is 1. The molecule has 2 fully saturated rings. The van der Waals surface area contributed by atoms with E-state index in [0.717, 1.165) is 48.0 Å². The number of nitrogens with one attached hydrogen (secondary N) is 2. The number of rotatable bonds is 4. The van der Waals surface area contributed by atoms with E-state index in [4.69, 9.17) is 15.5 Å². The van der Waals surface area contributed by atoms with Gasteiger partial charge in [0, 0.05) is 29.4 Å². The molecular weight excluding hydrogens is 376 g/mol. The zero-order valence-corrected chi connectivity index (χ0v) is 17.4. The van der Waals surface area contributed by atoms with Crippen LogP contribution < -0.4 is 21.1 Å². The summed E-state index contributed by atoms with van der Waals surface area (Å²) in [7, 11) is 0. The molecule has 7 nitrogen and oxygen atoms in total. The Balaban J connectivity index is 1.40. The summed E-state index contributed by atoms with van der Waals surface area (Å²) in [5.41, 5.74) is 9.75. The van der Waals surface area contributed by atoms with Crippen molar-refractivity contribution in [2.45, 2.75) is 63.6 Å². The molecule has 0 bridgehead atoms. The summed E-state index contributed by atoms with van der Waals surface area (Å²) in [4.78, 5) is 4.91. The molecule has 0 amide bonds. The fraction of sp³-hybridized carbons (Fsp3) is 0.478. The highest BCUT2D eigenvalue weighted by atomic mass is 16.5. The van der Waals surface area contributed by atoms with Crippen LogP contribution in [0.5, 0.6) is 5.75 Å². The van der Waals surface area contributed by atoms with Crippen molar-refractivity contribution in [3.63, 3.8) is 0 Å². The summed E-state index contributed by atoms with van der Waals surface area (Å²) in [6, 6.07) is 10.9. The van der Waals surface area contributed by atoms with Crippen molar-refractivity contribution in [2.24, 2.45) is 11.1 Å². The topological polar surface area (TPSA) is 89.5 Å². The zero-order valence-electron chi connectivity index (χ0n) is 17.4. The molecule has 30 heavy (non-hydrogen) atoms. The molecule has 1 spiro atoms. The van der Waals surface area contributed by atoms with Crippen molar-refractivity contribution >= 4 is 23.0 Å². The van der Waals surface area contributed by atoms with Crippen LogP contribution >= 0.6 is 0 Å². The van der Waals surface area contributed by atoms with Crippen LogP contribution in [0.2, 0.25) is 0 Å². The Labute approximate surface area is 176 Å². The van der Waals surface area contributed by atoms with Gasteiger partial charge in [-0.25, -0.2) is 4.98 Å². The van der Waals surface area contributed by atoms with Gasteiger partial charge < -0.3 is 21.1 Å². The van der Waals surface area contributed by atoms with Gasteiger partial charge in [0.05, 0.1) is 12.3 Å². The third-order valence-electron chi connectivity index (χ3n) is 7.00. The summed E-state index contributed by atoms with van der Waals surface area (Å²) in [6.45, 7) is 4.07. The third kappa shape index (κ3) is 2.68. The second-order valence-corrected chi connectivity index (χ2v) is 9.37. The monoisotopic (exact) mass is 404 g/mol. The quantitative estimate of drug-likeness (QED) is 0.608. The fourth-order valence-corrected chi connectivity index (χ4v) is 5.64. The number of benzene rings is 1. The van der Waals surface area contributed by atoms with Gasteiger partial charge in [0.1, 0.15) is 17.4 Å². The molecule has 3 aliphatic rings. The Hall–Kier alpha value is -2.80. The second kappa shape index (κ2) is 6.35. The molecule has 2 aliphatic carbocycles. The minimum Gasteiger partial charge on any atom is -0.491 e. The van der Waals surface area contributed by atoms with Gasteiger partial charge in [0.25, 0.3) is 0 Å². The molecule has 3 heterocycles. The molecule has 0 radical (unpaired) electrons. The average Bonchev–Trinajstić information content (AvgIpc) is 3.22. The van der Waals surface area contributed by atoms with Crippen LogP contribution in [-0.4, -0.2) is 32.8 Å². The van der Waals surface area contributed by atoms with Gasteiger partial charge in [-0.1, -0.05) is 0 Å². The van der Waals surface area contributed by atoms with Crippen molar-refractivity contribution in [1.29, 1.82) is 0 Å². The highest BCUT2D eigenvalue weighted by Gasteiger charge is 2.65. The van der Waals surface area contributed by atoms with E-state index in [2.05, 4.69) is 27.9 Å². The molecule has 4 N–H and O–H groups in total. The van der Waals surface area contributed by atoms with Crippen molar-refractivity contribution < 1.29 is 4.74 Å². The zero-order chi connectivity index (χ0) is 20.5. The Bertz CT molecular complexity index is 1110. The first-order valence-electron chi connectivity index (χ1n) is 11.0. The van der Waals surface area contributed by atoms with E-state index in [9.17, 15) is 0 Å². The van der Waals surface area contributed by atoms with E-state index in [1.54, 1.807) is 0 Å². The lowest BCUT2D eigenvalue weighted by molar-refractivity contribution is 0.242. The predicted molar refractivity (Wildman–Crippen MR) is 118 cm³/mol. The van der Waals surface area contributed by atoms with Crippen molar-refractivity contribution in [3.05, 3.63) is 42.1 Å². The number of hydrogen-bond acceptors (Lipinski definition) is 6. The van der Waals surface area contributed by atoms with Crippen LogP contribution in [0.15, 0.2) is 36.5 Å². The summed E-state index contributed by atoms with van der Waals surface area (Å²) < 4.78 is 7.71. The summed E-state index contributed by atoms with van der Waals surface area (Å²) in [5, 5.41) is 12.0. The van der Waals surface area contributed by atoms with Crippen molar-refractivity contribution in [1.82, 2.24) is 14.6 Å². The predicted octanol–water partition coefficient (Wildman–Crippen LogP) is 4.04. The molecule has 4 atom stereocenters. The molecule has 156 valence electrons. The summed E-state index contributed by atoms with van der Waals surface area (Å²) >= 11 is 0. The van der Waals surface area contributed by atoms with E-state index in [1.807, 2.05) is 42.8 Å². The number of hydrogen-bond donors (Lipinski definition) is 3. The van der Waals surface area contributed by atoms with Crippen LogP contribution in [0.3, 0.4) is 0 Å². The third-order valence-corrected chi connectivity index (χ3v) is 7.00. The maximum absolute atomic E-state index is 6.37. The van der Waals surface area contributed by atoms with Gasteiger partial charge in [-0.3, -0.25) is 0 Å². The van der Waals surface area contributed by atoms with E-state index in [-0.39, 0.29) is 11.5 Å². The lowest BCUT2D eigenvalue weighted by Gasteiger charge is -2.40. The lowest BCUT2D eigenvalue weighted by atomic mass is 9.75. The number of fused-ring (bicyclic) bond motifs is 3. The number of ether oxygens (including phenoxy) is 1. The van der Waals surface area contributed by atoms with Crippen LogP contribution in [0.4, 0.5) is 17.3 Å². The lowest BCUT2D eigenvalue weighted by Crippen LogP contribution is -2.44. The number of aromatic nitrogens is 3. The van der Waals surface area contributed by atoms with Crippen molar-refractivity contribution in [2.75, 3.05) is 10.6 Å². The van der Waals surface area contributed by atoms with Crippen LogP contribution in [-0.2, 0) is 0 Å². The SMILES string of the molecule is CC(C)Oc1ccc(Nc2c3c(nc4ccnn24)N[C@@H]2CC[C@@H](N)CC24CC34)cc1. The molecule has 1 aromatic carbocycles. The molecule has 0 saturated heterocycles. The van der Waals surface area contributed by atoms with Crippen LogP contribution in [0, 0.1) is 5.41 Å². The van der Waals surface area contributed by atoms with Gasteiger partial charge >= 0.3 is 0 Å². The Morgan fingerprint density at radius 3 is 2.83 bits per heavy atom. The molecule has 6 rings (SSSR count). The van der Waals surface area contributed by atoms with Crippen LogP contribution in [0.1, 0.15) is 51.0 Å². The normalized spacial score (nSPS) is 29.0. The maximum Gasteiger partial charge on any atom is 0.159 e.